The minimum absolute atomic E-state index is 0.0683. The van der Waals surface area contributed by atoms with Gasteiger partial charge in [-0.2, -0.15) is 5.26 Å². The number of benzene rings is 2. The lowest BCUT2D eigenvalue weighted by Crippen LogP contribution is -2.35. The number of hydrogen-bond acceptors (Lipinski definition) is 6. The van der Waals surface area contributed by atoms with Crippen molar-refractivity contribution in [2.24, 2.45) is 0 Å². The molecule has 2 aliphatic heterocycles. The number of ether oxygens (including phenoxy) is 2. The van der Waals surface area contributed by atoms with E-state index in [9.17, 15) is 4.39 Å². The minimum Gasteiger partial charge on any atom is -0.473 e. The van der Waals surface area contributed by atoms with Crippen LogP contribution in [-0.2, 0) is 24.4 Å². The second-order valence-corrected chi connectivity index (χ2v) is 10.6. The standard InChI is InChI=1S/C31H32FN5O2/c1-21-5-8-28-29(15-21)37(18-25-11-14-38-25)30(34-28)19-36-12-9-23(10-13-36)27-3-2-4-31(35-27)39-20-24-7-6-22(17-33)16-26(24)32/h2-8,15-16,23,25H,9-14,18-20H2,1H3. The Morgan fingerprint density at radius 3 is 2.67 bits per heavy atom. The molecule has 1 unspecified atom stereocenters. The van der Waals surface area contributed by atoms with Gasteiger partial charge in [0.05, 0.1) is 41.9 Å². The van der Waals surface area contributed by atoms with Crippen LogP contribution in [0.5, 0.6) is 5.88 Å². The molecule has 2 aromatic carbocycles. The lowest BCUT2D eigenvalue weighted by atomic mass is 9.93. The van der Waals surface area contributed by atoms with Crippen LogP contribution in [0.1, 0.15) is 53.4 Å². The highest BCUT2D eigenvalue weighted by molar-refractivity contribution is 5.77. The van der Waals surface area contributed by atoms with Crippen molar-refractivity contribution in [1.29, 1.82) is 5.26 Å². The van der Waals surface area contributed by atoms with Crippen LogP contribution in [-0.4, -0.2) is 45.2 Å². The first-order valence-electron chi connectivity index (χ1n) is 13.6. The lowest BCUT2D eigenvalue weighted by molar-refractivity contribution is -0.0592. The molecule has 2 aliphatic rings. The van der Waals surface area contributed by atoms with Crippen LogP contribution in [0.2, 0.25) is 0 Å². The Hall–Kier alpha value is -3.80. The molecule has 39 heavy (non-hydrogen) atoms. The van der Waals surface area contributed by atoms with Gasteiger partial charge in [0.15, 0.2) is 0 Å². The molecule has 2 fully saturated rings. The van der Waals surface area contributed by atoms with E-state index >= 15 is 0 Å². The number of nitriles is 1. The number of pyridine rings is 1. The van der Waals surface area contributed by atoms with Gasteiger partial charge in [0.2, 0.25) is 5.88 Å². The summed E-state index contributed by atoms with van der Waals surface area (Å²) in [5.74, 6) is 1.50. The zero-order valence-corrected chi connectivity index (χ0v) is 22.1. The van der Waals surface area contributed by atoms with Crippen molar-refractivity contribution >= 4 is 11.0 Å². The number of halogens is 1. The molecule has 2 saturated heterocycles. The smallest absolute Gasteiger partial charge is 0.213 e. The Kier molecular flexibility index (Phi) is 7.27. The molecule has 6 rings (SSSR count). The van der Waals surface area contributed by atoms with Gasteiger partial charge in [-0.15, -0.1) is 0 Å². The molecule has 200 valence electrons. The Balaban J connectivity index is 1.09. The van der Waals surface area contributed by atoms with Gasteiger partial charge in [-0.05, 0) is 75.2 Å². The van der Waals surface area contributed by atoms with E-state index in [-0.39, 0.29) is 12.7 Å². The van der Waals surface area contributed by atoms with Gasteiger partial charge in [-0.3, -0.25) is 4.90 Å². The first-order valence-corrected chi connectivity index (χ1v) is 13.6. The summed E-state index contributed by atoms with van der Waals surface area (Å²) in [6.45, 7) is 6.66. The molecular weight excluding hydrogens is 493 g/mol. The van der Waals surface area contributed by atoms with E-state index in [1.165, 1.54) is 17.1 Å². The highest BCUT2D eigenvalue weighted by Gasteiger charge is 2.26. The van der Waals surface area contributed by atoms with Crippen LogP contribution >= 0.6 is 0 Å². The number of nitrogens with zero attached hydrogens (tertiary/aromatic N) is 5. The van der Waals surface area contributed by atoms with Crippen molar-refractivity contribution in [1.82, 2.24) is 19.4 Å². The largest absolute Gasteiger partial charge is 0.473 e. The third-order valence-electron chi connectivity index (χ3n) is 7.84. The second-order valence-electron chi connectivity index (χ2n) is 10.6. The third kappa shape index (κ3) is 5.65. The van der Waals surface area contributed by atoms with E-state index in [2.05, 4.69) is 40.7 Å². The first kappa shape index (κ1) is 25.5. The Labute approximate surface area is 227 Å². The van der Waals surface area contributed by atoms with E-state index in [1.54, 1.807) is 18.2 Å². The quantitative estimate of drug-likeness (QED) is 0.303. The van der Waals surface area contributed by atoms with E-state index < -0.39 is 5.82 Å². The van der Waals surface area contributed by atoms with Gasteiger partial charge in [-0.25, -0.2) is 14.4 Å². The molecule has 0 bridgehead atoms. The van der Waals surface area contributed by atoms with Crippen LogP contribution in [0, 0.1) is 24.1 Å². The topological polar surface area (TPSA) is 76.2 Å². The number of fused-ring (bicyclic) bond motifs is 1. The Morgan fingerprint density at radius 1 is 1.08 bits per heavy atom. The summed E-state index contributed by atoms with van der Waals surface area (Å²) in [6.07, 6.45) is 3.40. The molecule has 0 saturated carbocycles. The maximum atomic E-state index is 14.2. The van der Waals surface area contributed by atoms with Crippen molar-refractivity contribution in [3.05, 3.63) is 88.6 Å². The van der Waals surface area contributed by atoms with Gasteiger partial charge >= 0.3 is 0 Å². The summed E-state index contributed by atoms with van der Waals surface area (Å²) in [5, 5.41) is 8.93. The number of hydrogen-bond donors (Lipinski definition) is 0. The number of aryl methyl sites for hydroxylation is 1. The summed E-state index contributed by atoms with van der Waals surface area (Å²) in [6, 6.07) is 18.6. The highest BCUT2D eigenvalue weighted by Crippen LogP contribution is 2.30. The highest BCUT2D eigenvalue weighted by atomic mass is 19.1. The normalized spacial score (nSPS) is 18.1. The van der Waals surface area contributed by atoms with Crippen molar-refractivity contribution < 1.29 is 13.9 Å². The molecular formula is C31H32FN5O2. The summed E-state index contributed by atoms with van der Waals surface area (Å²) in [7, 11) is 0. The summed E-state index contributed by atoms with van der Waals surface area (Å²) >= 11 is 0. The van der Waals surface area contributed by atoms with Gasteiger partial charge in [-0.1, -0.05) is 18.2 Å². The van der Waals surface area contributed by atoms with Crippen molar-refractivity contribution in [2.75, 3.05) is 19.7 Å². The minimum atomic E-state index is -0.443. The molecule has 0 radical (unpaired) electrons. The fourth-order valence-electron chi connectivity index (χ4n) is 5.45. The Morgan fingerprint density at radius 2 is 1.92 bits per heavy atom. The summed E-state index contributed by atoms with van der Waals surface area (Å²) in [4.78, 5) is 12.2. The average molecular weight is 526 g/mol. The molecule has 7 nitrogen and oxygen atoms in total. The summed E-state index contributed by atoms with van der Waals surface area (Å²) in [5.41, 5.74) is 5.19. The molecule has 2 aromatic heterocycles. The van der Waals surface area contributed by atoms with Crippen LogP contribution in [0.25, 0.3) is 11.0 Å². The van der Waals surface area contributed by atoms with E-state index in [1.807, 2.05) is 12.1 Å². The second kappa shape index (κ2) is 11.1. The van der Waals surface area contributed by atoms with E-state index in [0.29, 0.717) is 22.9 Å². The SMILES string of the molecule is Cc1ccc2nc(CN3CCC(c4cccc(OCc5ccc(C#N)cc5F)n4)CC3)n(CC3CCO3)c2c1. The monoisotopic (exact) mass is 525 g/mol. The maximum absolute atomic E-state index is 14.2. The van der Waals surface area contributed by atoms with Gasteiger partial charge in [0.1, 0.15) is 18.2 Å². The number of aromatic nitrogens is 3. The fourth-order valence-corrected chi connectivity index (χ4v) is 5.45. The number of rotatable bonds is 8. The zero-order chi connectivity index (χ0) is 26.8. The Bertz CT molecular complexity index is 1520. The van der Waals surface area contributed by atoms with E-state index in [0.717, 1.165) is 69.1 Å². The number of piperidine rings is 1. The van der Waals surface area contributed by atoms with Crippen molar-refractivity contribution in [3.8, 4) is 11.9 Å². The molecule has 4 heterocycles. The van der Waals surface area contributed by atoms with Crippen molar-refractivity contribution in [3.63, 3.8) is 0 Å². The molecule has 4 aromatic rings. The molecule has 0 spiro atoms. The van der Waals surface area contributed by atoms with Crippen LogP contribution < -0.4 is 4.74 Å². The molecule has 1 atom stereocenters. The van der Waals surface area contributed by atoms with E-state index in [4.69, 9.17) is 24.7 Å². The number of imidazole rings is 1. The number of likely N-dealkylation sites (tertiary alicyclic amines) is 1. The van der Waals surface area contributed by atoms with Crippen molar-refractivity contribution in [2.45, 2.75) is 57.9 Å². The molecule has 0 amide bonds. The first-order chi connectivity index (χ1) is 19.1. The van der Waals surface area contributed by atoms with Crippen LogP contribution in [0.4, 0.5) is 4.39 Å². The predicted octanol–water partition coefficient (Wildman–Crippen LogP) is 5.50. The predicted molar refractivity (Wildman–Crippen MR) is 146 cm³/mol. The van der Waals surface area contributed by atoms with Gasteiger partial charge < -0.3 is 14.0 Å². The molecule has 8 heteroatoms. The molecule has 0 N–H and O–H groups in total. The summed E-state index contributed by atoms with van der Waals surface area (Å²) < 4.78 is 28.1. The molecule has 0 aliphatic carbocycles. The third-order valence-corrected chi connectivity index (χ3v) is 7.84. The van der Waals surface area contributed by atoms with Crippen LogP contribution in [0.15, 0.2) is 54.6 Å². The lowest BCUT2D eigenvalue weighted by Gasteiger charge is -2.32. The van der Waals surface area contributed by atoms with Gasteiger partial charge in [0.25, 0.3) is 0 Å². The fraction of sp³-hybridized carbons (Fsp3) is 0.387. The zero-order valence-electron chi connectivity index (χ0n) is 22.1. The maximum Gasteiger partial charge on any atom is 0.213 e. The van der Waals surface area contributed by atoms with Gasteiger partial charge in [0, 0.05) is 29.8 Å². The average Bonchev–Trinajstić information content (AvgIpc) is 3.26. The van der Waals surface area contributed by atoms with Crippen LogP contribution in [0.3, 0.4) is 0 Å².